The van der Waals surface area contributed by atoms with E-state index >= 15 is 0 Å². The smallest absolute Gasteiger partial charge is 0.138 e. The molecular weight excluding hydrogens is 230 g/mol. The predicted octanol–water partition coefficient (Wildman–Crippen LogP) is -0.206. The summed E-state index contributed by atoms with van der Waals surface area (Å²) in [6, 6.07) is 0.507. The number of rotatable bonds is 4. The second-order valence-electron chi connectivity index (χ2n) is 5.17. The summed E-state index contributed by atoms with van der Waals surface area (Å²) in [5, 5.41) is 4.06. The summed E-state index contributed by atoms with van der Waals surface area (Å²) in [5.41, 5.74) is 6.24. The number of aryl methyl sites for hydroxylation is 1. The average Bonchev–Trinajstić information content (AvgIpc) is 2.75. The van der Waals surface area contributed by atoms with Crippen molar-refractivity contribution in [3.8, 4) is 0 Å². The molecule has 1 aliphatic rings. The predicted molar refractivity (Wildman–Crippen MR) is 69.1 cm³/mol. The van der Waals surface area contributed by atoms with E-state index in [1.165, 1.54) is 0 Å². The monoisotopic (exact) mass is 253 g/mol. The van der Waals surface area contributed by atoms with E-state index in [4.69, 9.17) is 10.5 Å². The summed E-state index contributed by atoms with van der Waals surface area (Å²) in [7, 11) is 1.89. The number of nitrogens with zero attached hydrogens (tertiary/aromatic N) is 4. The van der Waals surface area contributed by atoms with Gasteiger partial charge in [0, 0.05) is 38.6 Å². The Morgan fingerprint density at radius 1 is 1.56 bits per heavy atom. The van der Waals surface area contributed by atoms with Crippen molar-refractivity contribution >= 4 is 0 Å². The van der Waals surface area contributed by atoms with Gasteiger partial charge in [0.2, 0.25) is 0 Å². The highest BCUT2D eigenvalue weighted by atomic mass is 16.5. The van der Waals surface area contributed by atoms with Crippen molar-refractivity contribution in [2.24, 2.45) is 12.8 Å². The zero-order chi connectivity index (χ0) is 13.1. The molecule has 2 N–H and O–H groups in total. The molecular formula is C12H23N5O. The van der Waals surface area contributed by atoms with Gasteiger partial charge >= 0.3 is 0 Å². The number of hydrogen-bond acceptors (Lipinski definition) is 5. The van der Waals surface area contributed by atoms with Crippen LogP contribution in [-0.2, 0) is 18.2 Å². The Kier molecular flexibility index (Phi) is 4.31. The zero-order valence-corrected chi connectivity index (χ0v) is 11.4. The van der Waals surface area contributed by atoms with Crippen LogP contribution in [0.4, 0.5) is 0 Å². The molecule has 0 saturated carbocycles. The van der Waals surface area contributed by atoms with Gasteiger partial charge in [0.05, 0.1) is 12.7 Å². The Hall–Kier alpha value is -0.980. The lowest BCUT2D eigenvalue weighted by Gasteiger charge is -2.37. The minimum absolute atomic E-state index is 0.0329. The largest absolute Gasteiger partial charge is 0.374 e. The molecule has 1 aromatic heterocycles. The van der Waals surface area contributed by atoms with Crippen LogP contribution in [0, 0.1) is 0 Å². The Labute approximate surface area is 108 Å². The molecule has 0 bridgehead atoms. The zero-order valence-electron chi connectivity index (χ0n) is 11.4. The fourth-order valence-electron chi connectivity index (χ4n) is 2.27. The normalized spacial score (nSPS) is 23.5. The van der Waals surface area contributed by atoms with Gasteiger partial charge in [-0.2, -0.15) is 5.10 Å². The summed E-state index contributed by atoms with van der Waals surface area (Å²) < 4.78 is 7.55. The lowest BCUT2D eigenvalue weighted by atomic mass is 10.1. The molecule has 6 nitrogen and oxygen atoms in total. The van der Waals surface area contributed by atoms with E-state index in [1.807, 2.05) is 7.05 Å². The van der Waals surface area contributed by atoms with Gasteiger partial charge in [0.15, 0.2) is 0 Å². The van der Waals surface area contributed by atoms with Crippen LogP contribution >= 0.6 is 0 Å². The standard InChI is InChI=1S/C12H23N5O/c1-9(2)17-4-5-18-11(7-17)10(13)6-12-14-8-15-16(12)3/h8-11H,4-7,13H2,1-3H3. The molecule has 2 unspecified atom stereocenters. The van der Waals surface area contributed by atoms with Gasteiger partial charge in [0.1, 0.15) is 12.2 Å². The fraction of sp³-hybridized carbons (Fsp3) is 0.833. The van der Waals surface area contributed by atoms with Crippen LogP contribution in [-0.4, -0.2) is 57.5 Å². The number of morpholine rings is 1. The van der Waals surface area contributed by atoms with E-state index in [1.54, 1.807) is 11.0 Å². The molecule has 0 aliphatic carbocycles. The topological polar surface area (TPSA) is 69.2 Å². The molecule has 0 amide bonds. The first-order valence-corrected chi connectivity index (χ1v) is 6.52. The van der Waals surface area contributed by atoms with E-state index in [-0.39, 0.29) is 12.1 Å². The minimum atomic E-state index is -0.0329. The molecule has 0 radical (unpaired) electrons. The molecule has 2 heterocycles. The van der Waals surface area contributed by atoms with Crippen LogP contribution < -0.4 is 5.73 Å². The van der Waals surface area contributed by atoms with E-state index in [2.05, 4.69) is 28.8 Å². The Morgan fingerprint density at radius 3 is 2.94 bits per heavy atom. The fourth-order valence-corrected chi connectivity index (χ4v) is 2.27. The van der Waals surface area contributed by atoms with Crippen LogP contribution in [0.2, 0.25) is 0 Å². The van der Waals surface area contributed by atoms with Crippen molar-refractivity contribution in [1.29, 1.82) is 0 Å². The molecule has 0 aromatic carbocycles. The summed E-state index contributed by atoms with van der Waals surface area (Å²) >= 11 is 0. The third-order valence-electron chi connectivity index (χ3n) is 3.56. The lowest BCUT2D eigenvalue weighted by Crippen LogP contribution is -2.53. The van der Waals surface area contributed by atoms with Crippen LogP contribution in [0.15, 0.2) is 6.33 Å². The van der Waals surface area contributed by atoms with Gasteiger partial charge in [-0.3, -0.25) is 9.58 Å². The molecule has 6 heteroatoms. The maximum Gasteiger partial charge on any atom is 0.138 e. The van der Waals surface area contributed by atoms with E-state index < -0.39 is 0 Å². The minimum Gasteiger partial charge on any atom is -0.374 e. The summed E-state index contributed by atoms with van der Waals surface area (Å²) in [6.07, 6.45) is 2.34. The Morgan fingerprint density at radius 2 is 2.33 bits per heavy atom. The van der Waals surface area contributed by atoms with Crippen molar-refractivity contribution in [3.05, 3.63) is 12.2 Å². The molecule has 2 atom stereocenters. The summed E-state index contributed by atoms with van der Waals surface area (Å²) in [5.74, 6) is 0.910. The molecule has 1 saturated heterocycles. The van der Waals surface area contributed by atoms with Gasteiger partial charge < -0.3 is 10.5 Å². The molecule has 2 rings (SSSR count). The number of hydrogen-bond donors (Lipinski definition) is 1. The first-order chi connectivity index (χ1) is 8.58. The van der Waals surface area contributed by atoms with Gasteiger partial charge in [0.25, 0.3) is 0 Å². The van der Waals surface area contributed by atoms with Crippen LogP contribution in [0.3, 0.4) is 0 Å². The maximum atomic E-state index is 6.24. The summed E-state index contributed by atoms with van der Waals surface area (Å²) in [6.45, 7) is 7.06. The van der Waals surface area contributed by atoms with Gasteiger partial charge in [-0.25, -0.2) is 4.98 Å². The SMILES string of the molecule is CC(C)N1CCOC(C(N)Cc2ncnn2C)C1. The second-order valence-corrected chi connectivity index (χ2v) is 5.17. The highest BCUT2D eigenvalue weighted by molar-refractivity contribution is 4.92. The van der Waals surface area contributed by atoms with E-state index in [0.29, 0.717) is 12.5 Å². The second kappa shape index (κ2) is 5.77. The molecule has 102 valence electrons. The molecule has 1 aliphatic heterocycles. The first kappa shape index (κ1) is 13.5. The van der Waals surface area contributed by atoms with Gasteiger partial charge in [-0.05, 0) is 13.8 Å². The molecule has 0 spiro atoms. The third-order valence-corrected chi connectivity index (χ3v) is 3.56. The van der Waals surface area contributed by atoms with Crippen LogP contribution in [0.1, 0.15) is 19.7 Å². The Balaban J connectivity index is 1.92. The highest BCUT2D eigenvalue weighted by Gasteiger charge is 2.27. The Bertz CT molecular complexity index is 378. The van der Waals surface area contributed by atoms with Crippen molar-refractivity contribution in [1.82, 2.24) is 19.7 Å². The quantitative estimate of drug-likeness (QED) is 0.804. The lowest BCUT2D eigenvalue weighted by molar-refractivity contribution is -0.0498. The third kappa shape index (κ3) is 3.07. The first-order valence-electron chi connectivity index (χ1n) is 6.52. The molecule has 1 fully saturated rings. The van der Waals surface area contributed by atoms with Crippen molar-refractivity contribution in [3.63, 3.8) is 0 Å². The van der Waals surface area contributed by atoms with Crippen LogP contribution in [0.5, 0.6) is 0 Å². The van der Waals surface area contributed by atoms with Crippen molar-refractivity contribution in [2.75, 3.05) is 19.7 Å². The van der Waals surface area contributed by atoms with Gasteiger partial charge in [-0.15, -0.1) is 0 Å². The highest BCUT2D eigenvalue weighted by Crippen LogP contribution is 2.12. The van der Waals surface area contributed by atoms with Crippen molar-refractivity contribution in [2.45, 2.75) is 38.5 Å². The number of ether oxygens (including phenoxy) is 1. The number of aromatic nitrogens is 3. The van der Waals surface area contributed by atoms with Crippen molar-refractivity contribution < 1.29 is 4.74 Å². The summed E-state index contributed by atoms with van der Waals surface area (Å²) in [4.78, 5) is 6.61. The number of nitrogens with two attached hydrogens (primary N) is 1. The van der Waals surface area contributed by atoms with E-state index in [9.17, 15) is 0 Å². The van der Waals surface area contributed by atoms with E-state index in [0.717, 1.165) is 25.5 Å². The van der Waals surface area contributed by atoms with Gasteiger partial charge in [-0.1, -0.05) is 0 Å². The maximum absolute atomic E-state index is 6.24. The van der Waals surface area contributed by atoms with Crippen LogP contribution in [0.25, 0.3) is 0 Å². The molecule has 18 heavy (non-hydrogen) atoms. The average molecular weight is 253 g/mol. The molecule has 1 aromatic rings.